The van der Waals surface area contributed by atoms with Crippen molar-refractivity contribution in [1.82, 2.24) is 19.9 Å². The number of H-pyrrole nitrogens is 1. The van der Waals surface area contributed by atoms with E-state index in [4.69, 9.17) is 9.97 Å². The second kappa shape index (κ2) is 5.25. The van der Waals surface area contributed by atoms with Crippen molar-refractivity contribution in [2.75, 3.05) is 0 Å². The van der Waals surface area contributed by atoms with Crippen LogP contribution in [0.1, 0.15) is 0 Å². The van der Waals surface area contributed by atoms with E-state index < -0.39 is 0 Å². The molecule has 5 aromatic rings. The van der Waals surface area contributed by atoms with Crippen LogP contribution in [0, 0.1) is 0 Å². The second-order valence-electron chi connectivity index (χ2n) is 5.51. The van der Waals surface area contributed by atoms with Crippen LogP contribution in [-0.2, 0) is 0 Å². The van der Waals surface area contributed by atoms with Gasteiger partial charge in [-0.25, -0.2) is 9.97 Å². The molecule has 0 unspecified atom stereocenters. The van der Waals surface area contributed by atoms with Crippen molar-refractivity contribution in [2.24, 2.45) is 0 Å². The maximum atomic E-state index is 4.76. The van der Waals surface area contributed by atoms with E-state index in [9.17, 15) is 0 Å². The lowest BCUT2D eigenvalue weighted by Gasteiger charge is -2.03. The van der Waals surface area contributed by atoms with Gasteiger partial charge in [-0.2, -0.15) is 0 Å². The van der Waals surface area contributed by atoms with E-state index in [0.29, 0.717) is 0 Å². The number of benzene rings is 2. The van der Waals surface area contributed by atoms with Gasteiger partial charge in [-0.3, -0.25) is 4.98 Å². The molecule has 0 saturated carbocycles. The first-order chi connectivity index (χ1) is 11.9. The Morgan fingerprint density at radius 2 is 1.62 bits per heavy atom. The summed E-state index contributed by atoms with van der Waals surface area (Å²) < 4.78 is 1.17. The Kier molecular flexibility index (Phi) is 2.93. The highest BCUT2D eigenvalue weighted by Gasteiger charge is 2.14. The standard InChI is InChI=1S/C19H12N4S/c1-2-6-15-14(5-1)21-18(22-15)12-9-10-20-11-13(12)19-23-16-7-3-4-8-17(16)24-19/h1-11H,(H,21,22). The monoisotopic (exact) mass is 328 g/mol. The van der Waals surface area contributed by atoms with Crippen LogP contribution in [0.3, 0.4) is 0 Å². The fourth-order valence-electron chi connectivity index (χ4n) is 2.84. The molecule has 0 radical (unpaired) electrons. The molecule has 4 nitrogen and oxygen atoms in total. The minimum Gasteiger partial charge on any atom is -0.338 e. The molecule has 0 aliphatic carbocycles. The van der Waals surface area contributed by atoms with E-state index in [2.05, 4.69) is 16.0 Å². The predicted octanol–water partition coefficient (Wildman–Crippen LogP) is 4.90. The number of nitrogens with zero attached hydrogens (tertiary/aromatic N) is 3. The maximum absolute atomic E-state index is 4.76. The molecule has 1 N–H and O–H groups in total. The van der Waals surface area contributed by atoms with Crippen molar-refractivity contribution in [1.29, 1.82) is 0 Å². The minimum absolute atomic E-state index is 0.841. The molecule has 24 heavy (non-hydrogen) atoms. The summed E-state index contributed by atoms with van der Waals surface area (Å²) in [5.74, 6) is 0.841. The van der Waals surface area contributed by atoms with E-state index in [1.54, 1.807) is 17.5 Å². The van der Waals surface area contributed by atoms with Gasteiger partial charge in [0, 0.05) is 23.5 Å². The molecule has 0 aliphatic rings. The van der Waals surface area contributed by atoms with Crippen molar-refractivity contribution in [2.45, 2.75) is 0 Å². The fourth-order valence-corrected chi connectivity index (χ4v) is 3.83. The number of aromatic amines is 1. The second-order valence-corrected chi connectivity index (χ2v) is 6.54. The molecule has 0 aliphatic heterocycles. The molecule has 0 atom stereocenters. The number of hydrogen-bond donors (Lipinski definition) is 1. The van der Waals surface area contributed by atoms with Crippen LogP contribution in [0.5, 0.6) is 0 Å². The fraction of sp³-hybridized carbons (Fsp3) is 0. The highest BCUT2D eigenvalue weighted by atomic mass is 32.1. The summed E-state index contributed by atoms with van der Waals surface area (Å²) in [6, 6.07) is 18.2. The van der Waals surface area contributed by atoms with Gasteiger partial charge in [0.25, 0.3) is 0 Å². The van der Waals surface area contributed by atoms with Crippen LogP contribution < -0.4 is 0 Å². The zero-order valence-corrected chi connectivity index (χ0v) is 13.4. The molecule has 0 amide bonds. The largest absolute Gasteiger partial charge is 0.338 e. The lowest BCUT2D eigenvalue weighted by Crippen LogP contribution is -1.87. The highest BCUT2D eigenvalue weighted by Crippen LogP contribution is 2.35. The summed E-state index contributed by atoms with van der Waals surface area (Å²) in [7, 11) is 0. The zero-order chi connectivity index (χ0) is 15.9. The van der Waals surface area contributed by atoms with Gasteiger partial charge in [0.2, 0.25) is 0 Å². The Balaban J connectivity index is 1.72. The van der Waals surface area contributed by atoms with Crippen molar-refractivity contribution < 1.29 is 0 Å². The van der Waals surface area contributed by atoms with Gasteiger partial charge in [-0.05, 0) is 30.3 Å². The summed E-state index contributed by atoms with van der Waals surface area (Å²) in [6.45, 7) is 0. The first-order valence-corrected chi connectivity index (χ1v) is 8.45. The topological polar surface area (TPSA) is 54.5 Å². The third-order valence-electron chi connectivity index (χ3n) is 3.99. The van der Waals surface area contributed by atoms with E-state index >= 15 is 0 Å². The molecular formula is C19H12N4S. The van der Waals surface area contributed by atoms with Gasteiger partial charge >= 0.3 is 0 Å². The minimum atomic E-state index is 0.841. The molecular weight excluding hydrogens is 316 g/mol. The van der Waals surface area contributed by atoms with Gasteiger partial charge in [-0.1, -0.05) is 24.3 Å². The number of thiazole rings is 1. The lowest BCUT2D eigenvalue weighted by molar-refractivity contribution is 1.28. The van der Waals surface area contributed by atoms with Crippen LogP contribution in [0.2, 0.25) is 0 Å². The number of para-hydroxylation sites is 3. The number of nitrogens with one attached hydrogen (secondary N) is 1. The molecule has 3 heterocycles. The Bertz CT molecular complexity index is 1010. The van der Waals surface area contributed by atoms with E-state index in [1.807, 2.05) is 54.7 Å². The molecule has 0 saturated heterocycles. The van der Waals surface area contributed by atoms with Crippen LogP contribution in [-0.4, -0.2) is 19.9 Å². The number of pyridine rings is 1. The van der Waals surface area contributed by atoms with Gasteiger partial charge < -0.3 is 4.98 Å². The third-order valence-corrected chi connectivity index (χ3v) is 5.06. The first kappa shape index (κ1) is 13.4. The predicted molar refractivity (Wildman–Crippen MR) is 97.9 cm³/mol. The van der Waals surface area contributed by atoms with E-state index in [0.717, 1.165) is 38.5 Å². The lowest BCUT2D eigenvalue weighted by atomic mass is 10.1. The average Bonchev–Trinajstić information content (AvgIpc) is 3.25. The zero-order valence-electron chi connectivity index (χ0n) is 12.6. The van der Waals surface area contributed by atoms with Crippen molar-refractivity contribution in [3.05, 3.63) is 67.0 Å². The first-order valence-electron chi connectivity index (χ1n) is 7.63. The quantitative estimate of drug-likeness (QED) is 0.501. The number of imidazole rings is 1. The molecule has 3 aromatic heterocycles. The molecule has 0 fully saturated rings. The SMILES string of the molecule is c1ccc2[nH]c(-c3ccncc3-c3nc4ccccc4s3)nc2c1. The highest BCUT2D eigenvalue weighted by molar-refractivity contribution is 7.21. The molecule has 2 aromatic carbocycles. The van der Waals surface area contributed by atoms with Gasteiger partial charge in [-0.15, -0.1) is 11.3 Å². The summed E-state index contributed by atoms with van der Waals surface area (Å²) in [6.07, 6.45) is 3.65. The smallest absolute Gasteiger partial charge is 0.139 e. The Hall–Kier alpha value is -3.05. The van der Waals surface area contributed by atoms with Crippen molar-refractivity contribution in [3.8, 4) is 22.0 Å². The number of fused-ring (bicyclic) bond motifs is 2. The Morgan fingerprint density at radius 3 is 2.50 bits per heavy atom. The molecule has 114 valence electrons. The van der Waals surface area contributed by atoms with Gasteiger partial charge in [0.15, 0.2) is 0 Å². The summed E-state index contributed by atoms with van der Waals surface area (Å²) in [4.78, 5) is 17.2. The van der Waals surface area contributed by atoms with Crippen LogP contribution in [0.15, 0.2) is 67.0 Å². The molecule has 5 rings (SSSR count). The van der Waals surface area contributed by atoms with E-state index in [1.165, 1.54) is 4.70 Å². The molecule has 5 heteroatoms. The molecule has 0 bridgehead atoms. The summed E-state index contributed by atoms with van der Waals surface area (Å²) in [5, 5.41) is 0.958. The number of aromatic nitrogens is 4. The maximum Gasteiger partial charge on any atom is 0.139 e. The van der Waals surface area contributed by atoms with Gasteiger partial charge in [0.1, 0.15) is 10.8 Å². The average molecular weight is 328 g/mol. The van der Waals surface area contributed by atoms with Crippen LogP contribution in [0.4, 0.5) is 0 Å². The Labute approximate surface area is 141 Å². The van der Waals surface area contributed by atoms with Crippen molar-refractivity contribution in [3.63, 3.8) is 0 Å². The van der Waals surface area contributed by atoms with E-state index in [-0.39, 0.29) is 0 Å². The Morgan fingerprint density at radius 1 is 0.792 bits per heavy atom. The molecule has 0 spiro atoms. The summed E-state index contributed by atoms with van der Waals surface area (Å²) >= 11 is 1.67. The van der Waals surface area contributed by atoms with Crippen LogP contribution >= 0.6 is 11.3 Å². The normalized spacial score (nSPS) is 11.3. The van der Waals surface area contributed by atoms with Crippen molar-refractivity contribution >= 4 is 32.6 Å². The number of hydrogen-bond acceptors (Lipinski definition) is 4. The van der Waals surface area contributed by atoms with Crippen LogP contribution in [0.25, 0.3) is 43.2 Å². The summed E-state index contributed by atoms with van der Waals surface area (Å²) in [5.41, 5.74) is 5.01. The van der Waals surface area contributed by atoms with Gasteiger partial charge in [0.05, 0.1) is 21.3 Å². The number of rotatable bonds is 2. The third kappa shape index (κ3) is 2.10.